The zero-order chi connectivity index (χ0) is 14.6. The molecule has 0 aliphatic rings. The van der Waals surface area contributed by atoms with E-state index >= 15 is 0 Å². The fraction of sp³-hybridized carbons (Fsp3) is 0.364. The van der Waals surface area contributed by atoms with E-state index in [4.69, 9.17) is 5.73 Å². The van der Waals surface area contributed by atoms with Crippen LogP contribution in [0.1, 0.15) is 13.3 Å². The molecule has 1 aromatic rings. The molecule has 0 spiro atoms. The van der Waals surface area contributed by atoms with E-state index in [-0.39, 0.29) is 6.54 Å². The first-order valence-corrected chi connectivity index (χ1v) is 5.55. The molecule has 0 fully saturated rings. The van der Waals surface area contributed by atoms with Crippen LogP contribution in [-0.2, 0) is 4.79 Å². The van der Waals surface area contributed by atoms with Gasteiger partial charge in [-0.3, -0.25) is 14.9 Å². The van der Waals surface area contributed by atoms with Crippen molar-refractivity contribution >= 4 is 17.3 Å². The van der Waals surface area contributed by atoms with Crippen molar-refractivity contribution in [2.45, 2.75) is 13.3 Å². The first kappa shape index (κ1) is 15.0. The number of rotatable bonds is 5. The van der Waals surface area contributed by atoms with Crippen molar-refractivity contribution in [2.75, 3.05) is 11.9 Å². The first-order chi connectivity index (χ1) is 8.90. The number of halogens is 2. The molecule has 8 heteroatoms. The Labute approximate surface area is 107 Å². The molecule has 1 aromatic carbocycles. The predicted octanol–water partition coefficient (Wildman–Crippen LogP) is 1.80. The smallest absolute Gasteiger partial charge is 0.298 e. The molecular formula is C11H13F2N3O3. The van der Waals surface area contributed by atoms with Crippen LogP contribution in [0.3, 0.4) is 0 Å². The molecule has 0 saturated carbocycles. The van der Waals surface area contributed by atoms with Crippen LogP contribution in [0.4, 0.5) is 20.2 Å². The number of amides is 1. The minimum Gasteiger partial charge on any atom is -0.330 e. The van der Waals surface area contributed by atoms with Gasteiger partial charge in [0, 0.05) is 12.6 Å². The SMILES string of the molecule is CCC(CN)C(=O)Nc1c(F)cc(F)cc1[N+](=O)[O-]. The molecule has 1 unspecified atom stereocenters. The van der Waals surface area contributed by atoms with Gasteiger partial charge in [-0.15, -0.1) is 0 Å². The number of carbonyl (C=O) groups is 1. The summed E-state index contributed by atoms with van der Waals surface area (Å²) < 4.78 is 26.4. The summed E-state index contributed by atoms with van der Waals surface area (Å²) in [5.41, 5.74) is 3.86. The van der Waals surface area contributed by atoms with Crippen LogP contribution < -0.4 is 11.1 Å². The van der Waals surface area contributed by atoms with Crippen LogP contribution in [0.15, 0.2) is 12.1 Å². The van der Waals surface area contributed by atoms with E-state index in [0.29, 0.717) is 18.6 Å². The number of hydrogen-bond donors (Lipinski definition) is 2. The molecule has 1 atom stereocenters. The van der Waals surface area contributed by atoms with E-state index in [1.807, 2.05) is 0 Å². The molecule has 6 nitrogen and oxygen atoms in total. The number of benzene rings is 1. The summed E-state index contributed by atoms with van der Waals surface area (Å²) in [5, 5.41) is 12.8. The summed E-state index contributed by atoms with van der Waals surface area (Å²) in [6.07, 6.45) is 0.402. The van der Waals surface area contributed by atoms with Crippen LogP contribution in [0.5, 0.6) is 0 Å². The van der Waals surface area contributed by atoms with E-state index in [9.17, 15) is 23.7 Å². The van der Waals surface area contributed by atoms with Gasteiger partial charge in [-0.1, -0.05) is 6.92 Å². The van der Waals surface area contributed by atoms with Crippen LogP contribution in [-0.4, -0.2) is 17.4 Å². The Hall–Kier alpha value is -2.09. The number of anilines is 1. The maximum atomic E-state index is 13.5. The number of nitrogens with one attached hydrogen (secondary N) is 1. The Kier molecular flexibility index (Phi) is 4.87. The highest BCUT2D eigenvalue weighted by molar-refractivity contribution is 5.94. The van der Waals surface area contributed by atoms with E-state index in [0.717, 1.165) is 0 Å². The quantitative estimate of drug-likeness (QED) is 0.631. The van der Waals surface area contributed by atoms with Crippen molar-refractivity contribution in [2.24, 2.45) is 11.7 Å². The second kappa shape index (κ2) is 6.19. The number of nitro groups is 1. The summed E-state index contributed by atoms with van der Waals surface area (Å²) in [7, 11) is 0. The van der Waals surface area contributed by atoms with Crippen molar-refractivity contribution < 1.29 is 18.5 Å². The summed E-state index contributed by atoms with van der Waals surface area (Å²) in [4.78, 5) is 21.5. The van der Waals surface area contributed by atoms with E-state index in [1.165, 1.54) is 0 Å². The molecule has 0 bridgehead atoms. The van der Waals surface area contributed by atoms with Gasteiger partial charge in [0.25, 0.3) is 5.69 Å². The third-order valence-corrected chi connectivity index (χ3v) is 2.63. The van der Waals surface area contributed by atoms with Gasteiger partial charge in [-0.2, -0.15) is 0 Å². The summed E-state index contributed by atoms with van der Waals surface area (Å²) in [5.74, 6) is -3.53. The van der Waals surface area contributed by atoms with Crippen LogP contribution in [0.25, 0.3) is 0 Å². The standard InChI is InChI=1S/C11H13F2N3O3/c1-2-6(5-14)11(17)15-10-8(13)3-7(12)4-9(10)16(18)19/h3-4,6H,2,5,14H2,1H3,(H,15,17). The molecule has 0 aliphatic heterocycles. The average molecular weight is 273 g/mol. The number of carbonyl (C=O) groups excluding carboxylic acids is 1. The lowest BCUT2D eigenvalue weighted by Gasteiger charge is -2.13. The highest BCUT2D eigenvalue weighted by Gasteiger charge is 2.24. The van der Waals surface area contributed by atoms with Gasteiger partial charge in [0.2, 0.25) is 5.91 Å². The Balaban J connectivity index is 3.13. The molecule has 0 saturated heterocycles. The fourth-order valence-corrected chi connectivity index (χ4v) is 1.51. The molecular weight excluding hydrogens is 260 g/mol. The largest absolute Gasteiger partial charge is 0.330 e. The summed E-state index contributed by atoms with van der Waals surface area (Å²) in [6, 6.07) is 1.01. The number of nitrogens with two attached hydrogens (primary N) is 1. The van der Waals surface area contributed by atoms with Crippen molar-refractivity contribution in [1.29, 1.82) is 0 Å². The molecule has 1 rings (SSSR count). The van der Waals surface area contributed by atoms with E-state index in [1.54, 1.807) is 6.92 Å². The lowest BCUT2D eigenvalue weighted by molar-refractivity contribution is -0.384. The lowest BCUT2D eigenvalue weighted by Crippen LogP contribution is -2.29. The monoisotopic (exact) mass is 273 g/mol. The van der Waals surface area contributed by atoms with E-state index < -0.39 is 39.8 Å². The molecule has 104 valence electrons. The Bertz CT molecular complexity index is 504. The van der Waals surface area contributed by atoms with Gasteiger partial charge < -0.3 is 11.1 Å². The third-order valence-electron chi connectivity index (χ3n) is 2.63. The minimum atomic E-state index is -1.20. The zero-order valence-electron chi connectivity index (χ0n) is 10.2. The predicted molar refractivity (Wildman–Crippen MR) is 64.5 cm³/mol. The van der Waals surface area contributed by atoms with Crippen molar-refractivity contribution in [1.82, 2.24) is 0 Å². The molecule has 0 aromatic heterocycles. The molecule has 0 aliphatic carbocycles. The zero-order valence-corrected chi connectivity index (χ0v) is 10.2. The average Bonchev–Trinajstić information content (AvgIpc) is 2.33. The maximum Gasteiger partial charge on any atom is 0.298 e. The Morgan fingerprint density at radius 2 is 2.16 bits per heavy atom. The van der Waals surface area contributed by atoms with Gasteiger partial charge >= 0.3 is 0 Å². The third kappa shape index (κ3) is 3.44. The van der Waals surface area contributed by atoms with Crippen molar-refractivity contribution in [3.8, 4) is 0 Å². The summed E-state index contributed by atoms with van der Waals surface area (Å²) in [6.45, 7) is 1.73. The topological polar surface area (TPSA) is 98.3 Å². The second-order valence-electron chi connectivity index (χ2n) is 3.87. The lowest BCUT2D eigenvalue weighted by atomic mass is 10.1. The summed E-state index contributed by atoms with van der Waals surface area (Å²) >= 11 is 0. The van der Waals surface area contributed by atoms with Gasteiger partial charge in [0.15, 0.2) is 11.5 Å². The Morgan fingerprint density at radius 1 is 1.53 bits per heavy atom. The number of nitrogens with zero attached hydrogens (tertiary/aromatic N) is 1. The fourth-order valence-electron chi connectivity index (χ4n) is 1.51. The van der Waals surface area contributed by atoms with Gasteiger partial charge in [0.1, 0.15) is 5.82 Å². The van der Waals surface area contributed by atoms with Gasteiger partial charge in [-0.05, 0) is 6.42 Å². The molecule has 0 radical (unpaired) electrons. The van der Waals surface area contributed by atoms with Gasteiger partial charge in [0.05, 0.1) is 16.9 Å². The van der Waals surface area contributed by atoms with Crippen LogP contribution >= 0.6 is 0 Å². The second-order valence-corrected chi connectivity index (χ2v) is 3.87. The van der Waals surface area contributed by atoms with Gasteiger partial charge in [-0.25, -0.2) is 8.78 Å². The molecule has 0 heterocycles. The molecule has 19 heavy (non-hydrogen) atoms. The van der Waals surface area contributed by atoms with E-state index in [2.05, 4.69) is 5.32 Å². The Morgan fingerprint density at radius 3 is 2.63 bits per heavy atom. The van der Waals surface area contributed by atoms with Crippen LogP contribution in [0, 0.1) is 27.7 Å². The van der Waals surface area contributed by atoms with Crippen LogP contribution in [0.2, 0.25) is 0 Å². The highest BCUT2D eigenvalue weighted by atomic mass is 19.1. The highest BCUT2D eigenvalue weighted by Crippen LogP contribution is 2.29. The molecule has 3 N–H and O–H groups in total. The molecule has 1 amide bonds. The maximum absolute atomic E-state index is 13.5. The van der Waals surface area contributed by atoms with Crippen molar-refractivity contribution in [3.63, 3.8) is 0 Å². The number of hydrogen-bond acceptors (Lipinski definition) is 4. The minimum absolute atomic E-state index is 0.0267. The normalized spacial score (nSPS) is 12.0. The number of nitro benzene ring substituents is 1. The van der Waals surface area contributed by atoms with Crippen molar-refractivity contribution in [3.05, 3.63) is 33.9 Å². The first-order valence-electron chi connectivity index (χ1n) is 5.55.